The van der Waals surface area contributed by atoms with Crippen LogP contribution in [-0.4, -0.2) is 6.54 Å². The number of hydrogen-bond donors (Lipinski definition) is 1. The lowest BCUT2D eigenvalue weighted by atomic mass is 10.2. The van der Waals surface area contributed by atoms with Gasteiger partial charge in [0.15, 0.2) is 0 Å². The van der Waals surface area contributed by atoms with Crippen molar-refractivity contribution in [1.82, 2.24) is 5.32 Å². The zero-order valence-electron chi connectivity index (χ0n) is 3.78. The van der Waals surface area contributed by atoms with Gasteiger partial charge in [-0.25, -0.2) is 0 Å². The molecule has 1 fully saturated rings. The molecule has 1 saturated heterocycles. The first kappa shape index (κ1) is 4.13. The molecule has 34 valence electrons. The van der Waals surface area contributed by atoms with Gasteiger partial charge in [-0.15, -0.1) is 0 Å². The van der Waals surface area contributed by atoms with Crippen LogP contribution in [-0.2, 0) is 0 Å². The Morgan fingerprint density at radius 2 is 2.33 bits per heavy atom. The van der Waals surface area contributed by atoms with E-state index in [1.807, 2.05) is 0 Å². The van der Waals surface area contributed by atoms with E-state index in [0.29, 0.717) is 0 Å². The van der Waals surface area contributed by atoms with Crippen LogP contribution in [0.1, 0.15) is 12.8 Å². The summed E-state index contributed by atoms with van der Waals surface area (Å²) in [5.41, 5.74) is 0. The highest BCUT2D eigenvalue weighted by atomic mass is 14.9. The molecule has 6 heavy (non-hydrogen) atoms. The van der Waals surface area contributed by atoms with Crippen LogP contribution in [0.4, 0.5) is 0 Å². The van der Waals surface area contributed by atoms with Crippen LogP contribution in [0.5, 0.6) is 0 Å². The fourth-order valence-corrected chi connectivity index (χ4v) is 0.572. The van der Waals surface area contributed by atoms with Gasteiger partial charge in [-0.1, -0.05) is 0 Å². The van der Waals surface area contributed by atoms with Crippen LogP contribution in [0.15, 0.2) is 0 Å². The summed E-state index contributed by atoms with van der Waals surface area (Å²) >= 11 is 0. The van der Waals surface area contributed by atoms with Crippen LogP contribution >= 0.6 is 0 Å². The highest BCUT2D eigenvalue weighted by molar-refractivity contribution is 4.79. The van der Waals surface area contributed by atoms with Gasteiger partial charge in [0.1, 0.15) is 0 Å². The first-order valence-electron chi connectivity index (χ1n) is 2.37. The highest BCUT2D eigenvalue weighted by Crippen LogP contribution is 1.98. The van der Waals surface area contributed by atoms with Crippen molar-refractivity contribution < 1.29 is 0 Å². The molecule has 0 unspecified atom stereocenters. The van der Waals surface area contributed by atoms with Crippen LogP contribution in [0.25, 0.3) is 0 Å². The van der Waals surface area contributed by atoms with E-state index in [-0.39, 0.29) is 0 Å². The topological polar surface area (TPSA) is 12.0 Å². The van der Waals surface area contributed by atoms with E-state index < -0.39 is 0 Å². The molecule has 1 aliphatic rings. The molecule has 0 aromatic rings. The summed E-state index contributed by atoms with van der Waals surface area (Å²) in [6.45, 7) is 3.18. The van der Waals surface area contributed by atoms with Gasteiger partial charge < -0.3 is 5.32 Å². The Bertz CT molecular complexity index is 19.4. The summed E-state index contributed by atoms with van der Waals surface area (Å²) in [5, 5.41) is 3.10. The molecule has 0 spiro atoms. The Balaban J connectivity index is 2.00. The zero-order valence-corrected chi connectivity index (χ0v) is 3.78. The van der Waals surface area contributed by atoms with E-state index >= 15 is 0 Å². The molecule has 1 heterocycles. The molecule has 0 aromatic heterocycles. The van der Waals surface area contributed by atoms with Crippen LogP contribution in [0, 0.1) is 13.0 Å². The Kier molecular flexibility index (Phi) is 1.51. The monoisotopic (exact) mass is 83.1 g/mol. The predicted octanol–water partition coefficient (Wildman–Crippen LogP) is 0.736. The van der Waals surface area contributed by atoms with E-state index in [1.54, 1.807) is 0 Å². The number of nitrogens with one attached hydrogen (secondary N) is 1. The lowest BCUT2D eigenvalue weighted by Crippen LogP contribution is -2.16. The third-order valence-corrected chi connectivity index (χ3v) is 0.922. The van der Waals surface area contributed by atoms with Crippen molar-refractivity contribution >= 4 is 0 Å². The van der Waals surface area contributed by atoms with E-state index in [0.717, 1.165) is 6.54 Å². The molecule has 0 amide bonds. The Labute approximate surface area is 38.7 Å². The minimum atomic E-state index is 1.07. The third-order valence-electron chi connectivity index (χ3n) is 0.922. The molecule has 0 bridgehead atoms. The molecule has 1 N–H and O–H groups in total. The van der Waals surface area contributed by atoms with Gasteiger partial charge in [0.25, 0.3) is 0 Å². The molecule has 2 radical (unpaired) electrons. The molecule has 1 rings (SSSR count). The summed E-state index contributed by atoms with van der Waals surface area (Å²) in [6.07, 6.45) is 4.72. The van der Waals surface area contributed by atoms with Crippen molar-refractivity contribution in [3.05, 3.63) is 13.0 Å². The standard InChI is InChI=1S/C5H9N/c1-2-4-6-5-3-1/h2,5-6H,1,3-4H2. The van der Waals surface area contributed by atoms with Crippen LogP contribution < -0.4 is 5.32 Å². The fourth-order valence-electron chi connectivity index (χ4n) is 0.572. The fraction of sp³-hybridized carbons (Fsp3) is 0.600. The molecule has 0 atom stereocenters. The minimum absolute atomic E-state index is 1.07. The Hall–Kier alpha value is -0.0400. The minimum Gasteiger partial charge on any atom is -0.312 e. The van der Waals surface area contributed by atoms with Gasteiger partial charge in [-0.2, -0.15) is 0 Å². The first-order valence-corrected chi connectivity index (χ1v) is 2.37. The SMILES string of the molecule is [CH]1CC[CH]NC1. The van der Waals surface area contributed by atoms with Crippen molar-refractivity contribution in [1.29, 1.82) is 0 Å². The average Bonchev–Trinajstić information content (AvgIpc) is 1.72. The lowest BCUT2D eigenvalue weighted by Gasteiger charge is -2.07. The second-order valence-electron chi connectivity index (χ2n) is 1.48. The van der Waals surface area contributed by atoms with Gasteiger partial charge in [0.05, 0.1) is 0 Å². The van der Waals surface area contributed by atoms with Crippen molar-refractivity contribution in [3.8, 4) is 0 Å². The zero-order chi connectivity index (χ0) is 4.24. The average molecular weight is 83.1 g/mol. The van der Waals surface area contributed by atoms with Crippen LogP contribution in [0.3, 0.4) is 0 Å². The molecule has 0 aromatic carbocycles. The normalized spacial score (nSPS) is 24.0. The van der Waals surface area contributed by atoms with Crippen molar-refractivity contribution in [2.75, 3.05) is 6.54 Å². The predicted molar refractivity (Wildman–Crippen MR) is 25.8 cm³/mol. The van der Waals surface area contributed by atoms with Crippen LogP contribution in [0.2, 0.25) is 0 Å². The van der Waals surface area contributed by atoms with E-state index in [2.05, 4.69) is 18.3 Å². The quantitative estimate of drug-likeness (QED) is 0.455. The second kappa shape index (κ2) is 2.19. The van der Waals surface area contributed by atoms with E-state index in [9.17, 15) is 0 Å². The molecule has 1 aliphatic heterocycles. The second-order valence-corrected chi connectivity index (χ2v) is 1.48. The summed E-state index contributed by atoms with van der Waals surface area (Å²) in [7, 11) is 0. The van der Waals surface area contributed by atoms with E-state index in [1.165, 1.54) is 12.8 Å². The number of hydrogen-bond acceptors (Lipinski definition) is 1. The number of piperidine rings is 1. The van der Waals surface area contributed by atoms with Gasteiger partial charge >= 0.3 is 0 Å². The maximum absolute atomic E-state index is 3.10. The molecule has 1 heteroatoms. The van der Waals surface area contributed by atoms with Crippen molar-refractivity contribution in [2.45, 2.75) is 12.8 Å². The lowest BCUT2D eigenvalue weighted by molar-refractivity contribution is 0.683. The Morgan fingerprint density at radius 1 is 1.33 bits per heavy atom. The summed E-state index contributed by atoms with van der Waals surface area (Å²) in [4.78, 5) is 0. The molecule has 0 saturated carbocycles. The third kappa shape index (κ3) is 0.977. The molecular formula is C5H9N. The van der Waals surface area contributed by atoms with Gasteiger partial charge in [-0.05, 0) is 25.8 Å². The summed E-state index contributed by atoms with van der Waals surface area (Å²) in [6, 6.07) is 0. The van der Waals surface area contributed by atoms with Crippen molar-refractivity contribution in [3.63, 3.8) is 0 Å². The number of rotatable bonds is 0. The van der Waals surface area contributed by atoms with Gasteiger partial charge in [0, 0.05) is 6.54 Å². The molecule has 0 aliphatic carbocycles. The molecule has 1 nitrogen and oxygen atoms in total. The van der Waals surface area contributed by atoms with Gasteiger partial charge in [-0.3, -0.25) is 0 Å². The first-order chi connectivity index (χ1) is 3.00. The van der Waals surface area contributed by atoms with Crippen molar-refractivity contribution in [2.24, 2.45) is 0 Å². The van der Waals surface area contributed by atoms with Gasteiger partial charge in [0.2, 0.25) is 0 Å². The smallest absolute Gasteiger partial charge is 0.0221 e. The Morgan fingerprint density at radius 3 is 2.50 bits per heavy atom. The summed E-state index contributed by atoms with van der Waals surface area (Å²) < 4.78 is 0. The molecular weight excluding hydrogens is 74.1 g/mol. The highest BCUT2D eigenvalue weighted by Gasteiger charge is 1.94. The summed E-state index contributed by atoms with van der Waals surface area (Å²) in [5.74, 6) is 0. The van der Waals surface area contributed by atoms with E-state index in [4.69, 9.17) is 0 Å². The maximum atomic E-state index is 3.10. The largest absolute Gasteiger partial charge is 0.312 e. The maximum Gasteiger partial charge on any atom is 0.0221 e.